The molecular formula is C18H40OSSi. The van der Waals surface area contributed by atoms with Gasteiger partial charge in [0.1, 0.15) is 0 Å². The van der Waals surface area contributed by atoms with Crippen LogP contribution in [0.15, 0.2) is 0 Å². The molecule has 1 unspecified atom stereocenters. The van der Waals surface area contributed by atoms with Crippen molar-refractivity contribution in [2.45, 2.75) is 97.2 Å². The summed E-state index contributed by atoms with van der Waals surface area (Å²) in [5.74, 6) is 1.68. The molecule has 21 heavy (non-hydrogen) atoms. The molecule has 0 fully saturated rings. The standard InChI is InChI=1S/C18H40OSSi/c1-5-6-7-8-9-10-11-12-13-14-15-19-21(3,4)17-18(2)16-20/h18,20H,5-17H2,1-4H3. The summed E-state index contributed by atoms with van der Waals surface area (Å²) in [5.41, 5.74) is 0. The number of hydrogen-bond donors (Lipinski definition) is 1. The van der Waals surface area contributed by atoms with Crippen molar-refractivity contribution in [1.82, 2.24) is 0 Å². The minimum absolute atomic E-state index is 0.697. The molecule has 1 atom stereocenters. The fourth-order valence-corrected chi connectivity index (χ4v) is 5.91. The van der Waals surface area contributed by atoms with Crippen molar-refractivity contribution in [1.29, 1.82) is 0 Å². The summed E-state index contributed by atoms with van der Waals surface area (Å²) in [4.78, 5) is 0. The highest BCUT2D eigenvalue weighted by atomic mass is 32.1. The Balaban J connectivity index is 3.31. The molecule has 0 bridgehead atoms. The van der Waals surface area contributed by atoms with Crippen LogP contribution in [0.4, 0.5) is 0 Å². The van der Waals surface area contributed by atoms with Crippen molar-refractivity contribution < 1.29 is 4.43 Å². The maximum Gasteiger partial charge on any atom is 0.187 e. The molecule has 0 saturated heterocycles. The number of hydrogen-bond acceptors (Lipinski definition) is 2. The summed E-state index contributed by atoms with van der Waals surface area (Å²) < 4.78 is 6.18. The van der Waals surface area contributed by atoms with E-state index in [2.05, 4.69) is 39.6 Å². The van der Waals surface area contributed by atoms with Gasteiger partial charge in [0.05, 0.1) is 0 Å². The molecule has 0 radical (unpaired) electrons. The average molecular weight is 333 g/mol. The molecule has 0 aliphatic carbocycles. The quantitative estimate of drug-likeness (QED) is 0.199. The summed E-state index contributed by atoms with van der Waals surface area (Å²) in [7, 11) is -1.43. The Hall–Kier alpha value is 0.527. The number of thiol groups is 1. The summed E-state index contributed by atoms with van der Waals surface area (Å²) in [6.45, 7) is 10.2. The van der Waals surface area contributed by atoms with Crippen molar-refractivity contribution in [2.75, 3.05) is 12.4 Å². The highest BCUT2D eigenvalue weighted by molar-refractivity contribution is 7.80. The topological polar surface area (TPSA) is 9.23 Å². The second-order valence-corrected chi connectivity index (χ2v) is 11.9. The molecule has 0 spiro atoms. The molecule has 3 heteroatoms. The first-order valence-corrected chi connectivity index (χ1v) is 13.0. The van der Waals surface area contributed by atoms with Gasteiger partial charge in [0.25, 0.3) is 0 Å². The zero-order valence-electron chi connectivity index (χ0n) is 15.1. The van der Waals surface area contributed by atoms with Gasteiger partial charge in [0.15, 0.2) is 8.32 Å². The second kappa shape index (κ2) is 14.1. The molecule has 0 aromatic rings. The van der Waals surface area contributed by atoms with Crippen molar-refractivity contribution in [3.63, 3.8) is 0 Å². The van der Waals surface area contributed by atoms with E-state index in [4.69, 9.17) is 4.43 Å². The van der Waals surface area contributed by atoms with Gasteiger partial charge in [-0.05, 0) is 37.2 Å². The molecule has 0 heterocycles. The Bertz CT molecular complexity index is 221. The van der Waals surface area contributed by atoms with Crippen LogP contribution in [0.3, 0.4) is 0 Å². The highest BCUT2D eigenvalue weighted by Gasteiger charge is 2.24. The molecule has 0 rings (SSSR count). The summed E-state index contributed by atoms with van der Waals surface area (Å²) in [6, 6.07) is 1.24. The molecule has 0 aliphatic heterocycles. The van der Waals surface area contributed by atoms with Crippen molar-refractivity contribution in [3.8, 4) is 0 Å². The van der Waals surface area contributed by atoms with Crippen molar-refractivity contribution in [2.24, 2.45) is 5.92 Å². The first kappa shape index (κ1) is 21.5. The van der Waals surface area contributed by atoms with Crippen LogP contribution in [0, 0.1) is 5.92 Å². The smallest absolute Gasteiger partial charge is 0.187 e. The molecule has 0 aromatic heterocycles. The maximum absolute atomic E-state index is 6.18. The van der Waals surface area contributed by atoms with Crippen LogP contribution in [-0.4, -0.2) is 20.7 Å². The molecule has 128 valence electrons. The predicted octanol–water partition coefficient (Wildman–Crippen LogP) is 6.69. The van der Waals surface area contributed by atoms with Crippen LogP contribution < -0.4 is 0 Å². The zero-order chi connectivity index (χ0) is 16.0. The van der Waals surface area contributed by atoms with Gasteiger partial charge in [-0.1, -0.05) is 71.6 Å². The van der Waals surface area contributed by atoms with E-state index in [1.165, 1.54) is 70.3 Å². The SMILES string of the molecule is CCCCCCCCCCCCO[Si](C)(C)CC(C)CS. The molecule has 0 saturated carbocycles. The van der Waals surface area contributed by atoms with Gasteiger partial charge in [-0.15, -0.1) is 0 Å². The first-order valence-electron chi connectivity index (χ1n) is 9.26. The third-order valence-corrected chi connectivity index (χ3v) is 7.43. The van der Waals surface area contributed by atoms with Gasteiger partial charge in [-0.25, -0.2) is 0 Å². The molecule has 0 aromatic carbocycles. The Labute approximate surface area is 141 Å². The van der Waals surface area contributed by atoms with Crippen molar-refractivity contribution >= 4 is 20.9 Å². The fraction of sp³-hybridized carbons (Fsp3) is 1.00. The van der Waals surface area contributed by atoms with Crippen LogP contribution in [0.5, 0.6) is 0 Å². The first-order chi connectivity index (χ1) is 10.0. The summed E-state index contributed by atoms with van der Waals surface area (Å²) >= 11 is 4.38. The highest BCUT2D eigenvalue weighted by Crippen LogP contribution is 2.19. The van der Waals surface area contributed by atoms with Gasteiger partial charge < -0.3 is 4.43 Å². The maximum atomic E-state index is 6.18. The van der Waals surface area contributed by atoms with Crippen molar-refractivity contribution in [3.05, 3.63) is 0 Å². The van der Waals surface area contributed by atoms with E-state index in [-0.39, 0.29) is 0 Å². The molecular weight excluding hydrogens is 292 g/mol. The Morgan fingerprint density at radius 3 is 1.81 bits per heavy atom. The van der Waals surface area contributed by atoms with E-state index in [1.54, 1.807) is 0 Å². The van der Waals surface area contributed by atoms with Gasteiger partial charge in [0, 0.05) is 6.61 Å². The van der Waals surface area contributed by atoms with Crippen LogP contribution in [-0.2, 0) is 4.43 Å². The van der Waals surface area contributed by atoms with E-state index in [1.807, 2.05) is 0 Å². The van der Waals surface area contributed by atoms with E-state index >= 15 is 0 Å². The fourth-order valence-electron chi connectivity index (χ4n) is 2.90. The Morgan fingerprint density at radius 2 is 1.33 bits per heavy atom. The van der Waals surface area contributed by atoms with E-state index in [0.29, 0.717) is 5.92 Å². The normalized spacial score (nSPS) is 13.6. The number of rotatable bonds is 15. The van der Waals surface area contributed by atoms with E-state index in [0.717, 1.165) is 12.4 Å². The third-order valence-electron chi connectivity index (χ3n) is 4.14. The number of unbranched alkanes of at least 4 members (excludes halogenated alkanes) is 9. The lowest BCUT2D eigenvalue weighted by Crippen LogP contribution is -2.33. The average Bonchev–Trinajstić information content (AvgIpc) is 2.44. The molecule has 0 aliphatic rings. The van der Waals surface area contributed by atoms with Gasteiger partial charge in [0.2, 0.25) is 0 Å². The molecule has 0 amide bonds. The Kier molecular flexibility index (Phi) is 14.5. The van der Waals surface area contributed by atoms with E-state index in [9.17, 15) is 0 Å². The largest absolute Gasteiger partial charge is 0.417 e. The molecule has 0 N–H and O–H groups in total. The van der Waals surface area contributed by atoms with Gasteiger partial charge in [-0.3, -0.25) is 0 Å². The predicted molar refractivity (Wildman–Crippen MR) is 103 cm³/mol. The Morgan fingerprint density at radius 1 is 0.857 bits per heavy atom. The lowest BCUT2D eigenvalue weighted by Gasteiger charge is -2.25. The summed E-state index contributed by atoms with van der Waals surface area (Å²) in [6.07, 6.45) is 13.9. The van der Waals surface area contributed by atoms with Crippen LogP contribution in [0.25, 0.3) is 0 Å². The lowest BCUT2D eigenvalue weighted by atomic mass is 10.1. The van der Waals surface area contributed by atoms with Crippen LogP contribution in [0.1, 0.15) is 78.1 Å². The second-order valence-electron chi connectivity index (χ2n) is 7.28. The van der Waals surface area contributed by atoms with Gasteiger partial charge in [-0.2, -0.15) is 12.6 Å². The monoisotopic (exact) mass is 332 g/mol. The minimum atomic E-state index is -1.43. The lowest BCUT2D eigenvalue weighted by molar-refractivity contribution is 0.290. The zero-order valence-corrected chi connectivity index (χ0v) is 17.0. The third kappa shape index (κ3) is 15.2. The van der Waals surface area contributed by atoms with Crippen LogP contribution in [0.2, 0.25) is 19.1 Å². The van der Waals surface area contributed by atoms with Gasteiger partial charge >= 0.3 is 0 Å². The van der Waals surface area contributed by atoms with E-state index < -0.39 is 8.32 Å². The molecule has 1 nitrogen and oxygen atoms in total. The minimum Gasteiger partial charge on any atom is -0.417 e. The van der Waals surface area contributed by atoms with Crippen LogP contribution >= 0.6 is 12.6 Å². The summed E-state index contributed by atoms with van der Waals surface area (Å²) in [5, 5.41) is 0.